The highest BCUT2D eigenvalue weighted by molar-refractivity contribution is 9.09. The van der Waals surface area contributed by atoms with Gasteiger partial charge in [-0.25, -0.2) is 9.97 Å². The lowest BCUT2D eigenvalue weighted by Gasteiger charge is -2.30. The van der Waals surface area contributed by atoms with Crippen LogP contribution in [0.25, 0.3) is 0 Å². The van der Waals surface area contributed by atoms with E-state index >= 15 is 0 Å². The van der Waals surface area contributed by atoms with Gasteiger partial charge in [0.2, 0.25) is 5.95 Å². The van der Waals surface area contributed by atoms with Crippen LogP contribution < -0.4 is 4.90 Å². The molecule has 1 aromatic heterocycles. The fourth-order valence-corrected chi connectivity index (χ4v) is 2.39. The van der Waals surface area contributed by atoms with Crippen molar-refractivity contribution >= 4 is 21.9 Å². The van der Waals surface area contributed by atoms with Crippen LogP contribution in [0, 0.1) is 5.92 Å². The van der Waals surface area contributed by atoms with Crippen LogP contribution >= 0.6 is 15.9 Å². The van der Waals surface area contributed by atoms with Gasteiger partial charge in [-0.3, -0.25) is 0 Å². The highest BCUT2D eigenvalue weighted by atomic mass is 79.9. The molecule has 0 amide bonds. The number of anilines is 1. The summed E-state index contributed by atoms with van der Waals surface area (Å²) in [6.07, 6.45) is 6.09. The number of hydrogen-bond acceptors (Lipinski definition) is 3. The maximum Gasteiger partial charge on any atom is 0.225 e. The van der Waals surface area contributed by atoms with Crippen molar-refractivity contribution in [1.29, 1.82) is 0 Å². The van der Waals surface area contributed by atoms with Gasteiger partial charge in [0, 0.05) is 30.8 Å². The van der Waals surface area contributed by atoms with Gasteiger partial charge in [-0.2, -0.15) is 0 Å². The average Bonchev–Trinajstić information content (AvgIpc) is 2.30. The maximum atomic E-state index is 4.26. The Bertz CT molecular complexity index is 270. The van der Waals surface area contributed by atoms with Gasteiger partial charge in [0.25, 0.3) is 0 Å². The number of hydrogen-bond donors (Lipinski definition) is 0. The molecule has 4 heteroatoms. The molecule has 1 aromatic rings. The molecule has 0 radical (unpaired) electrons. The van der Waals surface area contributed by atoms with E-state index in [1.807, 2.05) is 6.07 Å². The van der Waals surface area contributed by atoms with Gasteiger partial charge in [-0.15, -0.1) is 0 Å². The number of alkyl halides is 1. The summed E-state index contributed by atoms with van der Waals surface area (Å²) >= 11 is 3.54. The minimum Gasteiger partial charge on any atom is -0.341 e. The van der Waals surface area contributed by atoms with Crippen LogP contribution in [-0.2, 0) is 0 Å². The molecule has 0 spiro atoms. The van der Waals surface area contributed by atoms with Crippen molar-refractivity contribution in [3.63, 3.8) is 0 Å². The lowest BCUT2D eigenvalue weighted by Crippen LogP contribution is -2.35. The van der Waals surface area contributed by atoms with Gasteiger partial charge in [0.15, 0.2) is 0 Å². The molecule has 76 valence electrons. The third-order valence-corrected chi connectivity index (χ3v) is 3.58. The molecule has 0 unspecified atom stereocenters. The van der Waals surface area contributed by atoms with Gasteiger partial charge in [-0.05, 0) is 24.8 Å². The van der Waals surface area contributed by atoms with Crippen molar-refractivity contribution in [2.24, 2.45) is 5.92 Å². The van der Waals surface area contributed by atoms with E-state index in [1.54, 1.807) is 12.4 Å². The van der Waals surface area contributed by atoms with Crippen LogP contribution in [0.3, 0.4) is 0 Å². The molecule has 0 aromatic carbocycles. The number of aromatic nitrogens is 2. The fourth-order valence-electron chi connectivity index (χ4n) is 1.74. The minimum absolute atomic E-state index is 0.829. The molecule has 14 heavy (non-hydrogen) atoms. The van der Waals surface area contributed by atoms with Gasteiger partial charge in [0.1, 0.15) is 0 Å². The van der Waals surface area contributed by atoms with Crippen molar-refractivity contribution in [2.45, 2.75) is 12.8 Å². The number of nitrogens with zero attached hydrogens (tertiary/aromatic N) is 3. The highest BCUT2D eigenvalue weighted by Gasteiger charge is 2.19. The first-order valence-electron chi connectivity index (χ1n) is 4.98. The second kappa shape index (κ2) is 4.73. The second-order valence-corrected chi connectivity index (χ2v) is 4.28. The van der Waals surface area contributed by atoms with Gasteiger partial charge in [-0.1, -0.05) is 15.9 Å². The summed E-state index contributed by atoms with van der Waals surface area (Å²) in [5.41, 5.74) is 0. The average molecular weight is 256 g/mol. The lowest BCUT2D eigenvalue weighted by atomic mass is 9.99. The van der Waals surface area contributed by atoms with Crippen LogP contribution in [0.1, 0.15) is 12.8 Å². The van der Waals surface area contributed by atoms with E-state index in [2.05, 4.69) is 30.8 Å². The van der Waals surface area contributed by atoms with E-state index in [9.17, 15) is 0 Å². The minimum atomic E-state index is 0.829. The van der Waals surface area contributed by atoms with E-state index in [0.29, 0.717) is 0 Å². The monoisotopic (exact) mass is 255 g/mol. The molecule has 0 atom stereocenters. The molecule has 1 fully saturated rings. The quantitative estimate of drug-likeness (QED) is 0.759. The van der Waals surface area contributed by atoms with Crippen LogP contribution in [0.2, 0.25) is 0 Å². The van der Waals surface area contributed by atoms with Crippen LogP contribution in [0.4, 0.5) is 5.95 Å². The lowest BCUT2D eigenvalue weighted by molar-refractivity contribution is 0.443. The van der Waals surface area contributed by atoms with E-state index in [-0.39, 0.29) is 0 Å². The first-order chi connectivity index (χ1) is 6.90. The molecule has 0 aliphatic carbocycles. The van der Waals surface area contributed by atoms with Crippen LogP contribution in [-0.4, -0.2) is 28.4 Å². The first kappa shape index (κ1) is 9.90. The molecule has 1 saturated heterocycles. The first-order valence-corrected chi connectivity index (χ1v) is 6.10. The normalized spacial score (nSPS) is 18.5. The zero-order chi connectivity index (χ0) is 9.80. The van der Waals surface area contributed by atoms with E-state index in [0.717, 1.165) is 30.3 Å². The van der Waals surface area contributed by atoms with E-state index in [4.69, 9.17) is 0 Å². The van der Waals surface area contributed by atoms with Crippen molar-refractivity contribution in [3.8, 4) is 0 Å². The fraction of sp³-hybridized carbons (Fsp3) is 0.600. The third-order valence-electron chi connectivity index (χ3n) is 2.67. The Hall–Kier alpha value is -0.640. The predicted octanol–water partition coefficient (Wildman–Crippen LogP) is 2.09. The number of halogens is 1. The van der Waals surface area contributed by atoms with Crippen LogP contribution in [0.15, 0.2) is 18.5 Å². The Balaban J connectivity index is 1.96. The molecule has 1 aliphatic rings. The molecule has 2 rings (SSSR count). The molecule has 0 saturated carbocycles. The molecular weight excluding hydrogens is 242 g/mol. The summed E-state index contributed by atoms with van der Waals surface area (Å²) in [6.45, 7) is 2.17. The van der Waals surface area contributed by atoms with Gasteiger partial charge in [0.05, 0.1) is 0 Å². The van der Waals surface area contributed by atoms with Gasteiger partial charge < -0.3 is 4.90 Å². The van der Waals surface area contributed by atoms with E-state index < -0.39 is 0 Å². The summed E-state index contributed by atoms with van der Waals surface area (Å²) < 4.78 is 0. The Kier molecular flexibility index (Phi) is 3.35. The van der Waals surface area contributed by atoms with Crippen molar-refractivity contribution in [3.05, 3.63) is 18.5 Å². The van der Waals surface area contributed by atoms with Crippen molar-refractivity contribution in [2.75, 3.05) is 23.3 Å². The highest BCUT2D eigenvalue weighted by Crippen LogP contribution is 2.21. The second-order valence-electron chi connectivity index (χ2n) is 3.63. The Morgan fingerprint density at radius 2 is 1.93 bits per heavy atom. The molecule has 0 N–H and O–H groups in total. The zero-order valence-electron chi connectivity index (χ0n) is 8.06. The standard InChI is InChI=1S/C10H14BrN3/c11-8-9-2-6-14(7-3-9)10-12-4-1-5-13-10/h1,4-5,9H,2-3,6-8H2. The summed E-state index contributed by atoms with van der Waals surface area (Å²) in [7, 11) is 0. The number of piperidine rings is 1. The zero-order valence-corrected chi connectivity index (χ0v) is 9.65. The molecule has 0 bridgehead atoms. The van der Waals surface area contributed by atoms with Crippen molar-refractivity contribution < 1.29 is 0 Å². The molecule has 3 nitrogen and oxygen atoms in total. The van der Waals surface area contributed by atoms with Crippen LogP contribution in [0.5, 0.6) is 0 Å². The number of rotatable bonds is 2. The molecule has 2 heterocycles. The maximum absolute atomic E-state index is 4.26. The van der Waals surface area contributed by atoms with Gasteiger partial charge >= 0.3 is 0 Å². The largest absolute Gasteiger partial charge is 0.341 e. The Morgan fingerprint density at radius 3 is 2.50 bits per heavy atom. The summed E-state index contributed by atoms with van der Waals surface area (Å²) in [5.74, 6) is 1.70. The Morgan fingerprint density at radius 1 is 1.29 bits per heavy atom. The Labute approximate surface area is 92.7 Å². The molecule has 1 aliphatic heterocycles. The summed E-state index contributed by atoms with van der Waals surface area (Å²) in [4.78, 5) is 10.8. The third kappa shape index (κ3) is 2.23. The SMILES string of the molecule is BrCC1CCN(c2ncccn2)CC1. The predicted molar refractivity (Wildman–Crippen MR) is 60.8 cm³/mol. The summed E-state index contributed by atoms with van der Waals surface area (Å²) in [5, 5.41) is 1.12. The smallest absolute Gasteiger partial charge is 0.225 e. The van der Waals surface area contributed by atoms with E-state index in [1.165, 1.54) is 12.8 Å². The molecular formula is C10H14BrN3. The topological polar surface area (TPSA) is 29.0 Å². The summed E-state index contributed by atoms with van der Waals surface area (Å²) in [6, 6.07) is 1.86. The van der Waals surface area contributed by atoms with Crippen molar-refractivity contribution in [1.82, 2.24) is 9.97 Å².